The molecule has 2 aliphatic heterocycles. The molecule has 0 spiro atoms. The Labute approximate surface area is 67.1 Å². The Balaban J connectivity index is 2.12. The van der Waals surface area contributed by atoms with E-state index in [0.29, 0.717) is 18.6 Å². The van der Waals surface area contributed by atoms with Crippen LogP contribution in [0.4, 0.5) is 0 Å². The first-order chi connectivity index (χ1) is 5.42. The summed E-state index contributed by atoms with van der Waals surface area (Å²) < 4.78 is 0. The van der Waals surface area contributed by atoms with E-state index in [9.17, 15) is 0 Å². The average molecular weight is 148 g/mol. The molecule has 0 aromatic heterocycles. The molecule has 11 heavy (non-hydrogen) atoms. The van der Waals surface area contributed by atoms with E-state index < -0.39 is 0 Å². The largest absolute Gasteiger partial charge is 0.281 e. The van der Waals surface area contributed by atoms with Gasteiger partial charge in [0, 0.05) is 12.1 Å². The molecule has 0 saturated carbocycles. The molecular formula is C9H12N2. The van der Waals surface area contributed by atoms with Gasteiger partial charge in [0.2, 0.25) is 0 Å². The third-order valence-electron chi connectivity index (χ3n) is 2.71. The minimum atomic E-state index is 0.577. The first-order valence-electron chi connectivity index (χ1n) is 4.21. The van der Waals surface area contributed by atoms with E-state index in [2.05, 4.69) is 23.1 Å². The van der Waals surface area contributed by atoms with Crippen molar-refractivity contribution < 1.29 is 0 Å². The maximum absolute atomic E-state index is 8.57. The molecule has 2 nitrogen and oxygen atoms in total. The van der Waals surface area contributed by atoms with Crippen molar-refractivity contribution in [1.82, 2.24) is 4.90 Å². The van der Waals surface area contributed by atoms with Crippen LogP contribution in [0.5, 0.6) is 0 Å². The zero-order valence-corrected chi connectivity index (χ0v) is 6.53. The van der Waals surface area contributed by atoms with Crippen molar-refractivity contribution in [2.45, 2.75) is 31.3 Å². The van der Waals surface area contributed by atoms with Crippen LogP contribution in [0.2, 0.25) is 0 Å². The van der Waals surface area contributed by atoms with Crippen molar-refractivity contribution in [3.05, 3.63) is 12.2 Å². The van der Waals surface area contributed by atoms with Gasteiger partial charge in [-0.2, -0.15) is 5.26 Å². The van der Waals surface area contributed by atoms with Gasteiger partial charge in [-0.05, 0) is 19.3 Å². The quantitative estimate of drug-likeness (QED) is 0.414. The van der Waals surface area contributed by atoms with E-state index in [1.54, 1.807) is 0 Å². The highest BCUT2D eigenvalue weighted by molar-refractivity contribution is 5.09. The number of hydrogen-bond acceptors (Lipinski definition) is 2. The van der Waals surface area contributed by atoms with Crippen LogP contribution >= 0.6 is 0 Å². The van der Waals surface area contributed by atoms with Gasteiger partial charge in [-0.1, -0.05) is 12.2 Å². The third-order valence-corrected chi connectivity index (χ3v) is 2.71. The third kappa shape index (κ3) is 1.06. The molecular weight excluding hydrogens is 136 g/mol. The Bertz CT molecular complexity index is 214. The van der Waals surface area contributed by atoms with E-state index >= 15 is 0 Å². The smallest absolute Gasteiger partial charge is 0.0873 e. The van der Waals surface area contributed by atoms with E-state index in [-0.39, 0.29) is 0 Å². The van der Waals surface area contributed by atoms with Gasteiger partial charge in [0.1, 0.15) is 0 Å². The Morgan fingerprint density at radius 1 is 1.55 bits per heavy atom. The lowest BCUT2D eigenvalue weighted by atomic mass is 10.1. The SMILES string of the molecule is N#CCN1C2C=CCC1CC2. The molecule has 58 valence electrons. The fraction of sp³-hybridized carbons (Fsp3) is 0.667. The summed E-state index contributed by atoms with van der Waals surface area (Å²) in [6, 6.07) is 3.48. The maximum Gasteiger partial charge on any atom is 0.0873 e. The van der Waals surface area contributed by atoms with Crippen LogP contribution in [-0.4, -0.2) is 23.5 Å². The van der Waals surface area contributed by atoms with Gasteiger partial charge >= 0.3 is 0 Å². The highest BCUT2D eigenvalue weighted by Gasteiger charge is 2.32. The lowest BCUT2D eigenvalue weighted by Gasteiger charge is -2.28. The zero-order chi connectivity index (χ0) is 7.68. The second-order valence-corrected chi connectivity index (χ2v) is 3.29. The summed E-state index contributed by atoms with van der Waals surface area (Å²) in [5, 5.41) is 8.57. The molecule has 2 aliphatic rings. The predicted octanol–water partition coefficient (Wildman–Crippen LogP) is 1.30. The molecule has 0 radical (unpaired) electrons. The fourth-order valence-electron chi connectivity index (χ4n) is 2.15. The number of nitrogens with zero attached hydrogens (tertiary/aromatic N) is 2. The van der Waals surface area contributed by atoms with Gasteiger partial charge in [0.25, 0.3) is 0 Å². The summed E-state index contributed by atoms with van der Waals surface area (Å²) in [6.07, 6.45) is 8.19. The first kappa shape index (κ1) is 6.87. The second kappa shape index (κ2) is 2.67. The summed E-state index contributed by atoms with van der Waals surface area (Å²) in [5.41, 5.74) is 0. The van der Waals surface area contributed by atoms with E-state index in [4.69, 9.17) is 5.26 Å². The van der Waals surface area contributed by atoms with Crippen LogP contribution in [0, 0.1) is 11.3 Å². The monoisotopic (exact) mass is 148 g/mol. The lowest BCUT2D eigenvalue weighted by Crippen LogP contribution is -2.37. The predicted molar refractivity (Wildman–Crippen MR) is 42.9 cm³/mol. The van der Waals surface area contributed by atoms with Crippen molar-refractivity contribution in [3.8, 4) is 6.07 Å². The lowest BCUT2D eigenvalue weighted by molar-refractivity contribution is 0.235. The molecule has 2 heterocycles. The number of nitriles is 1. The van der Waals surface area contributed by atoms with Gasteiger partial charge in [-0.25, -0.2) is 0 Å². The average Bonchev–Trinajstić information content (AvgIpc) is 2.30. The van der Waals surface area contributed by atoms with Crippen LogP contribution in [0.25, 0.3) is 0 Å². The van der Waals surface area contributed by atoms with Gasteiger partial charge in [-0.3, -0.25) is 4.90 Å². The standard InChI is InChI=1S/C9H12N2/c10-6-7-11-8-2-1-3-9(11)5-4-8/h1-2,8-9H,3-5,7H2. The van der Waals surface area contributed by atoms with E-state index in [1.807, 2.05) is 0 Å². The van der Waals surface area contributed by atoms with E-state index in [0.717, 1.165) is 6.42 Å². The molecule has 0 amide bonds. The Kier molecular flexibility index (Phi) is 1.67. The molecule has 2 unspecified atom stereocenters. The molecule has 0 aromatic rings. The summed E-state index contributed by atoms with van der Waals surface area (Å²) in [7, 11) is 0. The minimum Gasteiger partial charge on any atom is -0.281 e. The van der Waals surface area contributed by atoms with Crippen LogP contribution < -0.4 is 0 Å². The summed E-state index contributed by atoms with van der Waals surface area (Å²) in [4.78, 5) is 2.32. The minimum absolute atomic E-state index is 0.577. The van der Waals surface area contributed by atoms with Crippen LogP contribution in [0.3, 0.4) is 0 Å². The summed E-state index contributed by atoms with van der Waals surface area (Å²) in [6.45, 7) is 0.611. The molecule has 0 N–H and O–H groups in total. The highest BCUT2D eigenvalue weighted by atomic mass is 15.2. The van der Waals surface area contributed by atoms with Gasteiger partial charge in [0.15, 0.2) is 0 Å². The van der Waals surface area contributed by atoms with Crippen molar-refractivity contribution >= 4 is 0 Å². The molecule has 1 fully saturated rings. The van der Waals surface area contributed by atoms with Crippen molar-refractivity contribution in [3.63, 3.8) is 0 Å². The first-order valence-corrected chi connectivity index (χ1v) is 4.21. The van der Waals surface area contributed by atoms with E-state index in [1.165, 1.54) is 12.8 Å². The number of hydrogen-bond donors (Lipinski definition) is 0. The van der Waals surface area contributed by atoms with Gasteiger partial charge in [0.05, 0.1) is 12.6 Å². The summed E-state index contributed by atoms with van der Waals surface area (Å²) >= 11 is 0. The topological polar surface area (TPSA) is 27.0 Å². The normalized spacial score (nSPS) is 35.5. The highest BCUT2D eigenvalue weighted by Crippen LogP contribution is 2.30. The number of fused-ring (bicyclic) bond motifs is 2. The Hall–Kier alpha value is -0.810. The van der Waals surface area contributed by atoms with Gasteiger partial charge in [-0.15, -0.1) is 0 Å². The molecule has 0 aromatic carbocycles. The molecule has 2 rings (SSSR count). The summed E-state index contributed by atoms with van der Waals surface area (Å²) in [5.74, 6) is 0. The van der Waals surface area contributed by atoms with Gasteiger partial charge < -0.3 is 0 Å². The van der Waals surface area contributed by atoms with Crippen molar-refractivity contribution in [1.29, 1.82) is 5.26 Å². The molecule has 2 atom stereocenters. The fourth-order valence-corrected chi connectivity index (χ4v) is 2.15. The number of rotatable bonds is 1. The molecule has 2 heteroatoms. The van der Waals surface area contributed by atoms with Crippen LogP contribution in [0.1, 0.15) is 19.3 Å². The molecule has 1 saturated heterocycles. The van der Waals surface area contributed by atoms with Crippen molar-refractivity contribution in [2.75, 3.05) is 6.54 Å². The Morgan fingerprint density at radius 2 is 2.45 bits per heavy atom. The molecule has 0 aliphatic carbocycles. The Morgan fingerprint density at radius 3 is 3.18 bits per heavy atom. The van der Waals surface area contributed by atoms with Crippen molar-refractivity contribution in [2.24, 2.45) is 0 Å². The maximum atomic E-state index is 8.57. The van der Waals surface area contributed by atoms with Crippen LogP contribution in [0.15, 0.2) is 12.2 Å². The second-order valence-electron chi connectivity index (χ2n) is 3.29. The van der Waals surface area contributed by atoms with Crippen LogP contribution in [-0.2, 0) is 0 Å². The zero-order valence-electron chi connectivity index (χ0n) is 6.53. The molecule has 2 bridgehead atoms.